The molecule has 2 heterocycles. The van der Waals surface area contributed by atoms with Crippen LogP contribution in [0.3, 0.4) is 0 Å². The number of nitrogens with one attached hydrogen (secondary N) is 3. The Morgan fingerprint density at radius 2 is 2.00 bits per heavy atom. The number of fused-ring (bicyclic) bond motifs is 1. The number of amides is 3. The molecular weight excluding hydrogens is 362 g/mol. The van der Waals surface area contributed by atoms with Crippen LogP contribution in [0.4, 0.5) is 4.79 Å². The van der Waals surface area contributed by atoms with E-state index < -0.39 is 0 Å². The highest BCUT2D eigenvalue weighted by Crippen LogP contribution is 2.33. The molecule has 3 amide bonds. The Hall–Kier alpha value is -1.73. The molecule has 148 valence electrons. The van der Waals surface area contributed by atoms with Gasteiger partial charge in [0.2, 0.25) is 5.91 Å². The Morgan fingerprint density at radius 1 is 1.22 bits per heavy atom. The summed E-state index contributed by atoms with van der Waals surface area (Å²) in [4.78, 5) is 23.4. The number of urea groups is 1. The van der Waals surface area contributed by atoms with Gasteiger partial charge < -0.3 is 20.7 Å². The van der Waals surface area contributed by atoms with E-state index in [1.54, 1.807) is 0 Å². The standard InChI is InChI=1S/C20H29N3O3S/c1-2-26-12-15-9-7-14(8-10-15)11-21-18(24)6-4-3-5-17-19-16(13-27-17)22-20(25)23-19/h7-10,16-17,19H,2-6,11-13H2,1H3,(H,21,24)(H2,22,23,25)/t16-,17-,19-/m0/s1. The normalized spacial score (nSPS) is 23.6. The predicted molar refractivity (Wildman–Crippen MR) is 108 cm³/mol. The summed E-state index contributed by atoms with van der Waals surface area (Å²) < 4.78 is 5.38. The molecule has 27 heavy (non-hydrogen) atoms. The summed E-state index contributed by atoms with van der Waals surface area (Å²) in [6.07, 6.45) is 3.49. The van der Waals surface area contributed by atoms with Crippen LogP contribution in [-0.2, 0) is 22.7 Å². The number of carbonyl (C=O) groups excluding carboxylic acids is 2. The van der Waals surface area contributed by atoms with E-state index in [9.17, 15) is 9.59 Å². The summed E-state index contributed by atoms with van der Waals surface area (Å²) in [5, 5.41) is 9.42. The monoisotopic (exact) mass is 391 g/mol. The summed E-state index contributed by atoms with van der Waals surface area (Å²) in [6.45, 7) is 3.89. The Balaban J connectivity index is 1.28. The zero-order chi connectivity index (χ0) is 19.1. The Kier molecular flexibility index (Phi) is 7.41. The van der Waals surface area contributed by atoms with Crippen LogP contribution >= 0.6 is 11.8 Å². The number of unbranched alkanes of at least 4 members (excludes halogenated alkanes) is 1. The van der Waals surface area contributed by atoms with Crippen LogP contribution in [0.15, 0.2) is 24.3 Å². The SMILES string of the molecule is CCOCc1ccc(CNC(=O)CCCC[C@@H]2SC[C@@H]3NC(=O)N[C@@H]32)cc1. The number of thioether (sulfide) groups is 1. The maximum atomic E-state index is 12.0. The van der Waals surface area contributed by atoms with Crippen LogP contribution < -0.4 is 16.0 Å². The van der Waals surface area contributed by atoms with Crippen LogP contribution in [0.5, 0.6) is 0 Å². The zero-order valence-electron chi connectivity index (χ0n) is 15.8. The molecule has 1 aromatic carbocycles. The first-order valence-corrected chi connectivity index (χ1v) is 10.8. The minimum absolute atomic E-state index is 0.0411. The van der Waals surface area contributed by atoms with Gasteiger partial charge in [0.05, 0.1) is 18.7 Å². The molecule has 3 N–H and O–H groups in total. The first kappa shape index (κ1) is 20.0. The first-order valence-electron chi connectivity index (χ1n) is 9.76. The molecule has 7 heteroatoms. The van der Waals surface area contributed by atoms with Crippen LogP contribution in [0.25, 0.3) is 0 Å². The highest BCUT2D eigenvalue weighted by atomic mass is 32.2. The van der Waals surface area contributed by atoms with Crippen molar-refractivity contribution in [1.29, 1.82) is 0 Å². The molecule has 0 aromatic heterocycles. The van der Waals surface area contributed by atoms with Gasteiger partial charge in [-0.05, 0) is 30.9 Å². The average molecular weight is 392 g/mol. The lowest BCUT2D eigenvalue weighted by Crippen LogP contribution is -2.36. The van der Waals surface area contributed by atoms with E-state index in [1.165, 1.54) is 0 Å². The fourth-order valence-corrected chi connectivity index (χ4v) is 5.08. The molecule has 0 saturated carbocycles. The molecule has 0 unspecified atom stereocenters. The molecular formula is C20H29N3O3S. The predicted octanol–water partition coefficient (Wildman–Crippen LogP) is 2.57. The number of hydrogen-bond acceptors (Lipinski definition) is 4. The van der Waals surface area contributed by atoms with Crippen molar-refractivity contribution in [2.45, 2.75) is 63.1 Å². The van der Waals surface area contributed by atoms with E-state index in [0.29, 0.717) is 31.4 Å². The van der Waals surface area contributed by atoms with E-state index >= 15 is 0 Å². The third-order valence-corrected chi connectivity index (χ3v) is 6.57. The molecule has 3 rings (SSSR count). The smallest absolute Gasteiger partial charge is 0.315 e. The minimum atomic E-state index is -0.0411. The summed E-state index contributed by atoms with van der Waals surface area (Å²) in [6, 6.07) is 8.64. The van der Waals surface area contributed by atoms with Gasteiger partial charge in [-0.25, -0.2) is 4.79 Å². The van der Waals surface area contributed by atoms with E-state index in [1.807, 2.05) is 43.0 Å². The first-order chi connectivity index (χ1) is 13.2. The lowest BCUT2D eigenvalue weighted by Gasteiger charge is -2.16. The van der Waals surface area contributed by atoms with Crippen molar-refractivity contribution < 1.29 is 14.3 Å². The van der Waals surface area contributed by atoms with Gasteiger partial charge in [-0.2, -0.15) is 11.8 Å². The van der Waals surface area contributed by atoms with E-state index in [0.717, 1.165) is 36.1 Å². The van der Waals surface area contributed by atoms with Crippen molar-refractivity contribution >= 4 is 23.7 Å². The Labute approximate surface area is 165 Å². The molecule has 0 bridgehead atoms. The fourth-order valence-electron chi connectivity index (χ4n) is 3.54. The van der Waals surface area contributed by atoms with Gasteiger partial charge in [0, 0.05) is 30.6 Å². The molecule has 6 nitrogen and oxygen atoms in total. The van der Waals surface area contributed by atoms with Gasteiger partial charge in [-0.15, -0.1) is 0 Å². The van der Waals surface area contributed by atoms with E-state index in [-0.39, 0.29) is 24.0 Å². The highest BCUT2D eigenvalue weighted by Gasteiger charge is 2.42. The Morgan fingerprint density at radius 3 is 2.78 bits per heavy atom. The number of ether oxygens (including phenoxy) is 1. The van der Waals surface area contributed by atoms with Gasteiger partial charge in [0.25, 0.3) is 0 Å². The van der Waals surface area contributed by atoms with Crippen molar-refractivity contribution in [3.8, 4) is 0 Å². The second kappa shape index (κ2) is 9.99. The fraction of sp³-hybridized carbons (Fsp3) is 0.600. The largest absolute Gasteiger partial charge is 0.377 e. The molecule has 0 aliphatic carbocycles. The summed E-state index contributed by atoms with van der Waals surface area (Å²) in [5.41, 5.74) is 2.24. The number of rotatable bonds is 10. The summed E-state index contributed by atoms with van der Waals surface area (Å²) >= 11 is 1.92. The third kappa shape index (κ3) is 5.87. The quantitative estimate of drug-likeness (QED) is 0.423. The van der Waals surface area contributed by atoms with E-state index in [2.05, 4.69) is 16.0 Å². The number of benzene rings is 1. The van der Waals surface area contributed by atoms with Crippen molar-refractivity contribution in [3.63, 3.8) is 0 Å². The van der Waals surface area contributed by atoms with Crippen molar-refractivity contribution in [2.75, 3.05) is 12.4 Å². The topological polar surface area (TPSA) is 79.5 Å². The number of carbonyl (C=O) groups is 2. The van der Waals surface area contributed by atoms with Gasteiger partial charge in [0.1, 0.15) is 0 Å². The molecule has 2 fully saturated rings. The molecule has 2 aliphatic heterocycles. The van der Waals surface area contributed by atoms with Crippen molar-refractivity contribution in [2.24, 2.45) is 0 Å². The maximum absolute atomic E-state index is 12.0. The lowest BCUT2D eigenvalue weighted by atomic mass is 10.0. The van der Waals surface area contributed by atoms with Crippen molar-refractivity contribution in [1.82, 2.24) is 16.0 Å². The van der Waals surface area contributed by atoms with E-state index in [4.69, 9.17) is 4.74 Å². The van der Waals surface area contributed by atoms with Crippen LogP contribution in [0, 0.1) is 0 Å². The van der Waals surface area contributed by atoms with Crippen LogP contribution in [-0.4, -0.2) is 41.6 Å². The second-order valence-corrected chi connectivity index (χ2v) is 8.37. The van der Waals surface area contributed by atoms with Crippen LogP contribution in [0.2, 0.25) is 0 Å². The molecule has 3 atom stereocenters. The zero-order valence-corrected chi connectivity index (χ0v) is 16.6. The van der Waals surface area contributed by atoms with Gasteiger partial charge in [-0.3, -0.25) is 4.79 Å². The number of hydrogen-bond donors (Lipinski definition) is 3. The lowest BCUT2D eigenvalue weighted by molar-refractivity contribution is -0.121. The van der Waals surface area contributed by atoms with Gasteiger partial charge >= 0.3 is 6.03 Å². The third-order valence-electron chi connectivity index (χ3n) is 5.07. The maximum Gasteiger partial charge on any atom is 0.315 e. The Bertz CT molecular complexity index is 638. The highest BCUT2D eigenvalue weighted by molar-refractivity contribution is 8.00. The van der Waals surface area contributed by atoms with Crippen molar-refractivity contribution in [3.05, 3.63) is 35.4 Å². The summed E-state index contributed by atoms with van der Waals surface area (Å²) in [5.74, 6) is 1.08. The molecule has 1 aromatic rings. The average Bonchev–Trinajstić information content (AvgIpc) is 3.22. The van der Waals surface area contributed by atoms with Gasteiger partial charge in [0.15, 0.2) is 0 Å². The molecule has 2 aliphatic rings. The molecule has 0 radical (unpaired) electrons. The van der Waals surface area contributed by atoms with Crippen LogP contribution in [0.1, 0.15) is 43.7 Å². The second-order valence-electron chi connectivity index (χ2n) is 7.10. The summed E-state index contributed by atoms with van der Waals surface area (Å²) in [7, 11) is 0. The molecule has 0 spiro atoms. The minimum Gasteiger partial charge on any atom is -0.377 e. The van der Waals surface area contributed by atoms with Gasteiger partial charge in [-0.1, -0.05) is 30.7 Å². The molecule has 2 saturated heterocycles.